The molecule has 0 aliphatic heterocycles. The molecule has 0 aliphatic carbocycles. The first-order valence-electron chi connectivity index (χ1n) is 5.68. The molecule has 0 heterocycles. The molecule has 3 nitrogen and oxygen atoms in total. The van der Waals surface area contributed by atoms with Crippen LogP contribution in [0.3, 0.4) is 0 Å². The summed E-state index contributed by atoms with van der Waals surface area (Å²) in [5.41, 5.74) is 12.3. The molecule has 1 rings (SSSR count). The minimum Gasteiger partial charge on any atom is -0.397 e. The molecule has 0 amide bonds. The lowest BCUT2D eigenvalue weighted by Gasteiger charge is -2.30. The van der Waals surface area contributed by atoms with Crippen LogP contribution < -0.4 is 16.4 Å². The molecule has 0 bridgehead atoms. The summed E-state index contributed by atoms with van der Waals surface area (Å²) in [4.78, 5) is 1.84. The predicted molar refractivity (Wildman–Crippen MR) is 81.1 cm³/mol. The lowest BCUT2D eigenvalue weighted by atomic mass is 10.1. The van der Waals surface area contributed by atoms with E-state index in [9.17, 15) is 4.39 Å². The maximum absolute atomic E-state index is 14.2. The molecule has 6 heteroatoms. The Labute approximate surface area is 117 Å². The summed E-state index contributed by atoms with van der Waals surface area (Å²) in [7, 11) is 1.83. The Kier molecular flexibility index (Phi) is 5.41. The quantitative estimate of drug-likeness (QED) is 0.818. The van der Waals surface area contributed by atoms with Crippen molar-refractivity contribution in [2.45, 2.75) is 19.4 Å². The van der Waals surface area contributed by atoms with Crippen molar-refractivity contribution in [3.05, 3.63) is 16.9 Å². The lowest BCUT2D eigenvalue weighted by molar-refractivity contribution is 0.604. The molecule has 0 aliphatic rings. The van der Waals surface area contributed by atoms with E-state index in [-0.39, 0.29) is 16.8 Å². The van der Waals surface area contributed by atoms with Gasteiger partial charge < -0.3 is 16.4 Å². The fraction of sp³-hybridized carbons (Fsp3) is 0.500. The minimum atomic E-state index is -0.545. The van der Waals surface area contributed by atoms with Crippen LogP contribution in [0.2, 0.25) is 5.02 Å². The molecule has 0 radical (unpaired) electrons. The third-order valence-electron chi connectivity index (χ3n) is 2.97. The molecular weight excluding hydrogens is 273 g/mol. The second kappa shape index (κ2) is 6.38. The molecule has 1 unspecified atom stereocenters. The minimum absolute atomic E-state index is 0.0648. The van der Waals surface area contributed by atoms with Gasteiger partial charge in [-0.1, -0.05) is 18.5 Å². The molecule has 0 aromatic heterocycles. The van der Waals surface area contributed by atoms with E-state index in [1.807, 2.05) is 18.2 Å². The highest BCUT2D eigenvalue weighted by Gasteiger charge is 2.22. The SMILES string of the molecule is CCC(CSC)N(C)c1c(N)cc(N)c(Cl)c1F. The van der Waals surface area contributed by atoms with Crippen LogP contribution in [0.1, 0.15) is 13.3 Å². The first kappa shape index (κ1) is 15.2. The van der Waals surface area contributed by atoms with E-state index in [2.05, 4.69) is 6.92 Å². The van der Waals surface area contributed by atoms with Crippen LogP contribution in [0.25, 0.3) is 0 Å². The van der Waals surface area contributed by atoms with Crippen molar-refractivity contribution in [3.63, 3.8) is 0 Å². The fourth-order valence-corrected chi connectivity index (χ4v) is 2.88. The third-order valence-corrected chi connectivity index (χ3v) is 4.07. The van der Waals surface area contributed by atoms with Gasteiger partial charge in [-0.05, 0) is 18.7 Å². The summed E-state index contributed by atoms with van der Waals surface area (Å²) in [6.45, 7) is 2.06. The van der Waals surface area contributed by atoms with Crippen LogP contribution in [0.5, 0.6) is 0 Å². The zero-order chi connectivity index (χ0) is 13.9. The Balaban J connectivity index is 3.19. The predicted octanol–water partition coefficient (Wildman–Crippen LogP) is 3.22. The summed E-state index contributed by atoms with van der Waals surface area (Å²) in [5, 5.41) is -0.0648. The number of rotatable bonds is 5. The topological polar surface area (TPSA) is 55.3 Å². The van der Waals surface area contributed by atoms with Crippen molar-refractivity contribution in [2.75, 3.05) is 35.4 Å². The van der Waals surface area contributed by atoms with E-state index in [0.717, 1.165) is 12.2 Å². The van der Waals surface area contributed by atoms with E-state index in [0.29, 0.717) is 11.4 Å². The summed E-state index contributed by atoms with van der Waals surface area (Å²) in [5.74, 6) is 0.352. The third kappa shape index (κ3) is 2.95. The Morgan fingerprint density at radius 1 is 1.44 bits per heavy atom. The van der Waals surface area contributed by atoms with E-state index in [4.69, 9.17) is 23.1 Å². The summed E-state index contributed by atoms with van der Waals surface area (Å²) >= 11 is 7.55. The molecule has 1 atom stereocenters. The van der Waals surface area contributed by atoms with Gasteiger partial charge in [0.25, 0.3) is 0 Å². The lowest BCUT2D eigenvalue weighted by Crippen LogP contribution is -2.34. The monoisotopic (exact) mass is 291 g/mol. The van der Waals surface area contributed by atoms with Crippen molar-refractivity contribution in [1.82, 2.24) is 0 Å². The highest BCUT2D eigenvalue weighted by atomic mass is 35.5. The largest absolute Gasteiger partial charge is 0.397 e. The van der Waals surface area contributed by atoms with Crippen molar-refractivity contribution in [3.8, 4) is 0 Å². The Bertz CT molecular complexity index is 428. The summed E-state index contributed by atoms with van der Waals surface area (Å²) in [6, 6.07) is 1.71. The highest BCUT2D eigenvalue weighted by molar-refractivity contribution is 7.98. The number of halogens is 2. The van der Waals surface area contributed by atoms with Gasteiger partial charge in [0.05, 0.1) is 17.1 Å². The number of thioether (sulfide) groups is 1. The van der Waals surface area contributed by atoms with Gasteiger partial charge in [0, 0.05) is 18.8 Å². The molecule has 4 N–H and O–H groups in total. The average Bonchev–Trinajstić information content (AvgIpc) is 2.33. The molecule has 1 aromatic carbocycles. The number of nitrogens with two attached hydrogens (primary N) is 2. The van der Waals surface area contributed by atoms with Crippen LogP contribution in [0.15, 0.2) is 6.07 Å². The highest BCUT2D eigenvalue weighted by Crippen LogP contribution is 2.36. The Hall–Kier alpha value is -0.810. The Morgan fingerprint density at radius 3 is 2.56 bits per heavy atom. The fourth-order valence-electron chi connectivity index (χ4n) is 1.89. The van der Waals surface area contributed by atoms with Crippen LogP contribution in [-0.4, -0.2) is 25.1 Å². The van der Waals surface area contributed by atoms with E-state index in [1.54, 1.807) is 11.8 Å². The zero-order valence-electron chi connectivity index (χ0n) is 10.8. The van der Waals surface area contributed by atoms with Gasteiger partial charge in [0.15, 0.2) is 5.82 Å². The maximum atomic E-state index is 14.2. The summed E-state index contributed by atoms with van der Waals surface area (Å²) < 4.78 is 14.2. The normalized spacial score (nSPS) is 12.5. The first-order chi connectivity index (χ1) is 8.43. The molecule has 0 saturated heterocycles. The van der Waals surface area contributed by atoms with Gasteiger partial charge in [-0.15, -0.1) is 0 Å². The van der Waals surface area contributed by atoms with E-state index >= 15 is 0 Å². The smallest absolute Gasteiger partial charge is 0.169 e. The molecule has 102 valence electrons. The molecule has 1 aromatic rings. The van der Waals surface area contributed by atoms with Crippen molar-refractivity contribution < 1.29 is 4.39 Å². The van der Waals surface area contributed by atoms with Crippen molar-refractivity contribution >= 4 is 40.4 Å². The van der Waals surface area contributed by atoms with Gasteiger partial charge in [-0.2, -0.15) is 11.8 Å². The van der Waals surface area contributed by atoms with Gasteiger partial charge >= 0.3 is 0 Å². The van der Waals surface area contributed by atoms with Gasteiger partial charge in [-0.3, -0.25) is 0 Å². The average molecular weight is 292 g/mol. The number of nitrogen functional groups attached to an aromatic ring is 2. The molecule has 0 fully saturated rings. The number of hydrogen-bond acceptors (Lipinski definition) is 4. The van der Waals surface area contributed by atoms with Crippen LogP contribution in [-0.2, 0) is 0 Å². The molecule has 18 heavy (non-hydrogen) atoms. The zero-order valence-corrected chi connectivity index (χ0v) is 12.4. The van der Waals surface area contributed by atoms with Gasteiger partial charge in [-0.25, -0.2) is 4.39 Å². The van der Waals surface area contributed by atoms with Crippen LogP contribution >= 0.6 is 23.4 Å². The molecular formula is C12H19ClFN3S. The number of nitrogens with zero attached hydrogens (tertiary/aromatic N) is 1. The Morgan fingerprint density at radius 2 is 2.06 bits per heavy atom. The number of benzene rings is 1. The van der Waals surface area contributed by atoms with Gasteiger partial charge in [0.1, 0.15) is 5.02 Å². The van der Waals surface area contributed by atoms with Crippen LogP contribution in [0.4, 0.5) is 21.5 Å². The van der Waals surface area contributed by atoms with Crippen molar-refractivity contribution in [2.24, 2.45) is 0 Å². The second-order valence-electron chi connectivity index (χ2n) is 4.16. The molecule has 0 spiro atoms. The summed E-state index contributed by atoms with van der Waals surface area (Å²) in [6.07, 6.45) is 2.92. The van der Waals surface area contributed by atoms with E-state index < -0.39 is 5.82 Å². The molecule has 0 saturated carbocycles. The number of anilines is 3. The van der Waals surface area contributed by atoms with Crippen LogP contribution in [0, 0.1) is 5.82 Å². The maximum Gasteiger partial charge on any atom is 0.169 e. The van der Waals surface area contributed by atoms with Gasteiger partial charge in [0.2, 0.25) is 0 Å². The van der Waals surface area contributed by atoms with Crippen molar-refractivity contribution in [1.29, 1.82) is 0 Å². The standard InChI is InChI=1S/C12H19ClFN3S/c1-4-7(6-18-3)17(2)12-9(16)5-8(15)10(13)11(12)14/h5,7H,4,6,15-16H2,1-3H3. The van der Waals surface area contributed by atoms with E-state index in [1.165, 1.54) is 6.07 Å². The first-order valence-corrected chi connectivity index (χ1v) is 7.45. The second-order valence-corrected chi connectivity index (χ2v) is 5.45. The number of hydrogen-bond donors (Lipinski definition) is 2.